The van der Waals surface area contributed by atoms with Gasteiger partial charge < -0.3 is 30.4 Å². The zero-order valence-electron chi connectivity index (χ0n) is 31.2. The van der Waals surface area contributed by atoms with Crippen molar-refractivity contribution in [2.24, 2.45) is 0 Å². The second kappa shape index (κ2) is 14.7. The summed E-state index contributed by atoms with van der Waals surface area (Å²) in [6, 6.07) is 40.5. The molecule has 0 aliphatic carbocycles. The van der Waals surface area contributed by atoms with Crippen LogP contribution in [0.4, 0.5) is 0 Å². The lowest BCUT2D eigenvalue weighted by atomic mass is 9.95. The summed E-state index contributed by atoms with van der Waals surface area (Å²) in [5, 5.41) is 43.6. The van der Waals surface area contributed by atoms with E-state index in [9.17, 15) is 39.6 Å². The number of aliphatic carboxylic acids is 2. The summed E-state index contributed by atoms with van der Waals surface area (Å²) in [6.45, 7) is 0. The standard InChI is InChI=1S/C48H30N4O8/c53-45(54)41-33-22-30-38(26-15-7-2-8-16-26)43(47(57)58)35(51-30)24-32-40(28-19-11-4-12-20-28)44(48(59)60)36(52-32)23-31-39(27-17-9-3-10-18-27)42(46(55)56)34(50-31)21-29(49-33)37(41)25-13-5-1-6-14-25/h1-24,49,52H,(H,53,54)(H,55,56)(H,57,58)(H,59,60). The number of hydrogen-bond acceptors (Lipinski definition) is 6. The first kappa shape index (κ1) is 37.0. The Morgan fingerprint density at radius 3 is 0.967 bits per heavy atom. The average Bonchev–Trinajstić information content (AvgIpc) is 3.99. The van der Waals surface area contributed by atoms with Gasteiger partial charge in [-0.25, -0.2) is 29.1 Å². The molecule has 0 amide bonds. The van der Waals surface area contributed by atoms with Crippen LogP contribution in [0.5, 0.6) is 0 Å². The molecule has 9 rings (SSSR count). The van der Waals surface area contributed by atoms with Crippen LogP contribution in [0.25, 0.3) is 66.6 Å². The maximum atomic E-state index is 13.4. The molecule has 0 saturated heterocycles. The van der Waals surface area contributed by atoms with Crippen molar-refractivity contribution < 1.29 is 39.6 Å². The van der Waals surface area contributed by atoms with E-state index in [1.54, 1.807) is 121 Å². The molecule has 12 nitrogen and oxygen atoms in total. The molecule has 12 heteroatoms. The molecular weight excluding hydrogens is 761 g/mol. The lowest BCUT2D eigenvalue weighted by Crippen LogP contribution is -2.01. The van der Waals surface area contributed by atoms with Crippen LogP contribution in [0.15, 0.2) is 146 Å². The van der Waals surface area contributed by atoms with Crippen molar-refractivity contribution in [2.75, 3.05) is 0 Å². The van der Waals surface area contributed by atoms with Crippen molar-refractivity contribution in [1.82, 2.24) is 19.9 Å². The molecule has 6 N–H and O–H groups in total. The zero-order chi connectivity index (χ0) is 41.7. The van der Waals surface area contributed by atoms with Crippen LogP contribution in [0.3, 0.4) is 0 Å². The van der Waals surface area contributed by atoms with Crippen molar-refractivity contribution >= 4 is 68.2 Å². The van der Waals surface area contributed by atoms with Crippen LogP contribution in [0, 0.1) is 0 Å². The molecule has 3 aromatic heterocycles. The molecule has 0 unspecified atom stereocenters. The van der Waals surface area contributed by atoms with E-state index in [1.165, 1.54) is 24.3 Å². The summed E-state index contributed by atoms with van der Waals surface area (Å²) < 4.78 is 0. The molecule has 2 aliphatic rings. The highest BCUT2D eigenvalue weighted by Crippen LogP contribution is 2.42. The molecule has 0 spiro atoms. The minimum absolute atomic E-state index is 0.0352. The quantitative estimate of drug-likeness (QED) is 0.0860. The predicted octanol–water partition coefficient (Wildman–Crippen LogP) is 9.13. The number of aromatic nitrogens is 4. The summed E-state index contributed by atoms with van der Waals surface area (Å²) in [7, 11) is 0. The Kier molecular flexibility index (Phi) is 9.06. The first-order chi connectivity index (χ1) is 29.1. The van der Waals surface area contributed by atoms with Crippen LogP contribution in [0.1, 0.15) is 54.6 Å². The van der Waals surface area contributed by atoms with Crippen LogP contribution in [-0.4, -0.2) is 64.2 Å². The minimum atomic E-state index is -1.32. The van der Waals surface area contributed by atoms with E-state index in [4.69, 9.17) is 9.97 Å². The first-order valence-electron chi connectivity index (χ1n) is 18.6. The van der Waals surface area contributed by atoms with Gasteiger partial charge in [0, 0.05) is 33.3 Å². The number of aromatic carboxylic acids is 2. The molecular formula is C48H30N4O8. The Bertz CT molecular complexity index is 2970. The largest absolute Gasteiger partial charge is 0.478 e. The van der Waals surface area contributed by atoms with Gasteiger partial charge in [-0.05, 0) is 46.5 Å². The summed E-state index contributed by atoms with van der Waals surface area (Å²) in [5.74, 6) is -5.28. The molecule has 60 heavy (non-hydrogen) atoms. The van der Waals surface area contributed by atoms with E-state index in [2.05, 4.69) is 9.97 Å². The monoisotopic (exact) mass is 790 g/mol. The van der Waals surface area contributed by atoms with Crippen molar-refractivity contribution in [3.8, 4) is 22.3 Å². The predicted molar refractivity (Wildman–Crippen MR) is 226 cm³/mol. The maximum absolute atomic E-state index is 13.4. The van der Waals surface area contributed by atoms with E-state index >= 15 is 0 Å². The minimum Gasteiger partial charge on any atom is -0.478 e. The second-order valence-electron chi connectivity index (χ2n) is 13.9. The van der Waals surface area contributed by atoms with Gasteiger partial charge in [-0.2, -0.15) is 0 Å². The Morgan fingerprint density at radius 1 is 0.367 bits per heavy atom. The number of carbonyl (C=O) groups is 4. The number of carboxylic acid groups (broad SMARTS) is 4. The number of nitrogens with zero attached hydrogens (tertiary/aromatic N) is 2. The molecule has 4 aromatic carbocycles. The van der Waals surface area contributed by atoms with Crippen LogP contribution < -0.4 is 0 Å². The van der Waals surface area contributed by atoms with Crippen LogP contribution in [-0.2, 0) is 9.59 Å². The molecule has 8 bridgehead atoms. The summed E-state index contributed by atoms with van der Waals surface area (Å²) in [5.41, 5.74) is 2.65. The number of rotatable bonds is 8. The highest BCUT2D eigenvalue weighted by Gasteiger charge is 2.31. The van der Waals surface area contributed by atoms with E-state index in [1.807, 2.05) is 0 Å². The lowest BCUT2D eigenvalue weighted by molar-refractivity contribution is -0.131. The molecule has 0 radical (unpaired) electrons. The number of benzene rings is 4. The summed E-state index contributed by atoms with van der Waals surface area (Å²) in [4.78, 5) is 69.5. The number of H-pyrrole nitrogens is 2. The molecule has 290 valence electrons. The maximum Gasteiger partial charge on any atom is 0.338 e. The van der Waals surface area contributed by atoms with Gasteiger partial charge in [-0.15, -0.1) is 0 Å². The molecule has 7 aromatic rings. The fourth-order valence-electron chi connectivity index (χ4n) is 7.95. The Labute approximate surface area is 339 Å². The molecule has 0 saturated carbocycles. The third kappa shape index (κ3) is 6.30. The third-order valence-electron chi connectivity index (χ3n) is 10.4. The van der Waals surface area contributed by atoms with Crippen LogP contribution in [0.2, 0.25) is 0 Å². The van der Waals surface area contributed by atoms with E-state index in [0.29, 0.717) is 22.3 Å². The highest BCUT2D eigenvalue weighted by atomic mass is 16.4. The second-order valence-corrected chi connectivity index (χ2v) is 13.9. The number of fused-ring (bicyclic) bond motifs is 8. The van der Waals surface area contributed by atoms with Gasteiger partial charge in [-0.1, -0.05) is 121 Å². The topological polar surface area (TPSA) is 207 Å². The number of hydrogen-bond donors (Lipinski definition) is 6. The number of carboxylic acids is 4. The average molecular weight is 791 g/mol. The van der Waals surface area contributed by atoms with Crippen molar-refractivity contribution in [2.45, 2.75) is 0 Å². The summed E-state index contributed by atoms with van der Waals surface area (Å²) in [6.07, 6.45) is 0. The van der Waals surface area contributed by atoms with Gasteiger partial charge in [0.25, 0.3) is 0 Å². The van der Waals surface area contributed by atoms with Crippen molar-refractivity contribution in [1.29, 1.82) is 0 Å². The highest BCUT2D eigenvalue weighted by molar-refractivity contribution is 6.28. The third-order valence-corrected chi connectivity index (χ3v) is 10.4. The Morgan fingerprint density at radius 2 is 0.667 bits per heavy atom. The summed E-state index contributed by atoms with van der Waals surface area (Å²) >= 11 is 0. The van der Waals surface area contributed by atoms with Crippen molar-refractivity contribution in [3.05, 3.63) is 191 Å². The van der Waals surface area contributed by atoms with E-state index in [0.717, 1.165) is 0 Å². The van der Waals surface area contributed by atoms with Gasteiger partial charge in [0.1, 0.15) is 0 Å². The molecule has 0 fully saturated rings. The smallest absolute Gasteiger partial charge is 0.338 e. The van der Waals surface area contributed by atoms with Gasteiger partial charge >= 0.3 is 23.9 Å². The van der Waals surface area contributed by atoms with Gasteiger partial charge in [0.05, 0.1) is 56.1 Å². The Balaban J connectivity index is 1.55. The molecule has 2 aliphatic heterocycles. The Hall–Kier alpha value is -8.64. The fraction of sp³-hybridized carbons (Fsp3) is 0. The van der Waals surface area contributed by atoms with Gasteiger partial charge in [0.2, 0.25) is 0 Å². The SMILES string of the molecule is O=C(O)C1=C(c2ccccc2)c2cc3[nH]c(cc4nc(cc5[nH]c(cc1n2)c(-c1ccccc1)c5C(=O)O)C(c1ccccc1)=C4C(=O)O)c(-c1ccccc1)c3C(=O)O. The van der Waals surface area contributed by atoms with Crippen LogP contribution >= 0.6 is 0 Å². The zero-order valence-corrected chi connectivity index (χ0v) is 31.2. The molecule has 5 heterocycles. The normalized spacial score (nSPS) is 12.4. The van der Waals surface area contributed by atoms with Crippen molar-refractivity contribution in [3.63, 3.8) is 0 Å². The fourth-order valence-corrected chi connectivity index (χ4v) is 7.95. The van der Waals surface area contributed by atoms with E-state index < -0.39 is 23.9 Å². The van der Waals surface area contributed by atoms with E-state index in [-0.39, 0.29) is 89.4 Å². The first-order valence-corrected chi connectivity index (χ1v) is 18.6. The lowest BCUT2D eigenvalue weighted by Gasteiger charge is -2.06. The molecule has 0 atom stereocenters. The number of aromatic amines is 2. The van der Waals surface area contributed by atoms with Gasteiger partial charge in [0.15, 0.2) is 0 Å². The number of nitrogens with one attached hydrogen (secondary N) is 2. The van der Waals surface area contributed by atoms with Gasteiger partial charge in [-0.3, -0.25) is 0 Å².